The highest BCUT2D eigenvalue weighted by atomic mass is 19.3. The molecule has 0 aliphatic heterocycles. The van der Waals surface area contributed by atoms with Gasteiger partial charge in [0.25, 0.3) is 12.0 Å². The van der Waals surface area contributed by atoms with E-state index in [1.165, 1.54) is 19.2 Å². The number of ether oxygens (including phenoxy) is 1. The third-order valence-electron chi connectivity index (χ3n) is 1.29. The average Bonchev–Trinajstić information content (AvgIpc) is 2.07. The molecule has 0 fully saturated rings. The van der Waals surface area contributed by atoms with Crippen LogP contribution in [-0.2, 0) is 7.05 Å². The van der Waals surface area contributed by atoms with Gasteiger partial charge in [-0.3, -0.25) is 4.79 Å². The summed E-state index contributed by atoms with van der Waals surface area (Å²) in [5.74, 6) is 0.0161. The van der Waals surface area contributed by atoms with Crippen LogP contribution in [0.4, 0.5) is 8.78 Å². The Labute approximate surface area is 72.8 Å². The van der Waals surface area contributed by atoms with E-state index in [1.807, 2.05) is 0 Å². The first-order valence-corrected chi connectivity index (χ1v) is 3.55. The number of aromatic nitrogens is 2. The minimum Gasteiger partial charge on any atom is -0.471 e. The maximum atomic E-state index is 11.7. The Balaban J connectivity index is 2.69. The number of aryl methyl sites for hydroxylation is 1. The fourth-order valence-corrected chi connectivity index (χ4v) is 0.706. The van der Waals surface area contributed by atoms with Crippen molar-refractivity contribution >= 4 is 0 Å². The second-order valence-electron chi connectivity index (χ2n) is 2.34. The van der Waals surface area contributed by atoms with Gasteiger partial charge in [-0.2, -0.15) is 0 Å². The molecule has 0 aromatic carbocycles. The van der Waals surface area contributed by atoms with E-state index in [1.54, 1.807) is 0 Å². The van der Waals surface area contributed by atoms with Gasteiger partial charge in [0, 0.05) is 19.2 Å². The summed E-state index contributed by atoms with van der Waals surface area (Å²) in [7, 11) is 1.41. The first-order valence-electron chi connectivity index (χ1n) is 3.55. The number of alkyl halides is 2. The second-order valence-corrected chi connectivity index (χ2v) is 2.34. The largest absolute Gasteiger partial charge is 0.471 e. The van der Waals surface area contributed by atoms with Gasteiger partial charge in [-0.05, 0) is 0 Å². The minimum absolute atomic E-state index is 0.0161. The summed E-state index contributed by atoms with van der Waals surface area (Å²) in [5, 5.41) is 3.59. The summed E-state index contributed by atoms with van der Waals surface area (Å²) in [5.41, 5.74) is -0.315. The molecule has 1 aromatic rings. The number of rotatable bonds is 3. The molecule has 0 saturated carbocycles. The first-order chi connectivity index (χ1) is 6.09. The standard InChI is InChI=1S/C7H8F2N2O2/c1-11-7(12)3-2-6(10-11)13-4-5(8)9/h2-3,5H,4H2,1H3. The lowest BCUT2D eigenvalue weighted by atomic mass is 10.5. The quantitative estimate of drug-likeness (QED) is 0.694. The summed E-state index contributed by atoms with van der Waals surface area (Å²) < 4.78 is 29.0. The summed E-state index contributed by atoms with van der Waals surface area (Å²) in [6, 6.07) is 2.46. The Hall–Kier alpha value is -1.46. The van der Waals surface area contributed by atoms with Crippen LogP contribution in [0.2, 0.25) is 0 Å². The van der Waals surface area contributed by atoms with E-state index in [-0.39, 0.29) is 11.4 Å². The van der Waals surface area contributed by atoms with E-state index in [4.69, 9.17) is 0 Å². The van der Waals surface area contributed by atoms with Gasteiger partial charge in [-0.15, -0.1) is 5.10 Å². The fraction of sp³-hybridized carbons (Fsp3) is 0.429. The summed E-state index contributed by atoms with van der Waals surface area (Å²) >= 11 is 0. The van der Waals surface area contributed by atoms with E-state index in [0.29, 0.717) is 0 Å². The molecule has 1 aromatic heterocycles. The normalized spacial score (nSPS) is 10.5. The zero-order chi connectivity index (χ0) is 9.84. The van der Waals surface area contributed by atoms with E-state index >= 15 is 0 Å². The topological polar surface area (TPSA) is 44.1 Å². The van der Waals surface area contributed by atoms with Crippen molar-refractivity contribution in [2.24, 2.45) is 7.05 Å². The zero-order valence-corrected chi connectivity index (χ0v) is 6.91. The fourth-order valence-electron chi connectivity index (χ4n) is 0.706. The van der Waals surface area contributed by atoms with Crippen molar-refractivity contribution in [3.63, 3.8) is 0 Å². The third kappa shape index (κ3) is 2.81. The SMILES string of the molecule is Cn1nc(OCC(F)F)ccc1=O. The molecule has 0 aliphatic carbocycles. The van der Waals surface area contributed by atoms with E-state index in [2.05, 4.69) is 9.84 Å². The molecule has 0 spiro atoms. The van der Waals surface area contributed by atoms with Gasteiger partial charge in [0.1, 0.15) is 0 Å². The Kier molecular flexibility index (Phi) is 2.94. The van der Waals surface area contributed by atoms with Gasteiger partial charge in [-0.25, -0.2) is 13.5 Å². The molecule has 0 N–H and O–H groups in total. The van der Waals surface area contributed by atoms with Crippen LogP contribution in [0.15, 0.2) is 16.9 Å². The number of halogens is 2. The molecular formula is C7H8F2N2O2. The van der Waals surface area contributed by atoms with Crippen molar-refractivity contribution in [2.75, 3.05) is 6.61 Å². The molecule has 0 saturated heterocycles. The van der Waals surface area contributed by atoms with Gasteiger partial charge < -0.3 is 4.74 Å². The molecule has 13 heavy (non-hydrogen) atoms. The molecule has 4 nitrogen and oxygen atoms in total. The first kappa shape index (κ1) is 9.63. The predicted molar refractivity (Wildman–Crippen MR) is 41.0 cm³/mol. The average molecular weight is 190 g/mol. The molecule has 0 aliphatic rings. The monoisotopic (exact) mass is 190 g/mol. The lowest BCUT2D eigenvalue weighted by molar-refractivity contribution is 0.0785. The molecule has 72 valence electrons. The van der Waals surface area contributed by atoms with Crippen LogP contribution in [0.25, 0.3) is 0 Å². The smallest absolute Gasteiger partial charge is 0.272 e. The van der Waals surface area contributed by atoms with Crippen molar-refractivity contribution in [1.29, 1.82) is 0 Å². The molecule has 1 rings (SSSR count). The van der Waals surface area contributed by atoms with Gasteiger partial charge in [0.15, 0.2) is 6.61 Å². The Morgan fingerprint density at radius 2 is 2.31 bits per heavy atom. The van der Waals surface area contributed by atoms with Crippen LogP contribution in [-0.4, -0.2) is 22.8 Å². The molecule has 0 unspecified atom stereocenters. The van der Waals surface area contributed by atoms with Crippen molar-refractivity contribution in [1.82, 2.24) is 9.78 Å². The minimum atomic E-state index is -2.54. The zero-order valence-electron chi connectivity index (χ0n) is 6.91. The Bertz CT molecular complexity index is 338. The van der Waals surface area contributed by atoms with Gasteiger partial charge in [-0.1, -0.05) is 0 Å². The number of hydrogen-bond donors (Lipinski definition) is 0. The molecule has 6 heteroatoms. The van der Waals surface area contributed by atoms with Crippen LogP contribution >= 0.6 is 0 Å². The number of hydrogen-bond acceptors (Lipinski definition) is 3. The maximum Gasteiger partial charge on any atom is 0.272 e. The van der Waals surface area contributed by atoms with Crippen LogP contribution in [0.3, 0.4) is 0 Å². The predicted octanol–water partition coefficient (Wildman–Crippen LogP) is 0.424. The highest BCUT2D eigenvalue weighted by Crippen LogP contribution is 2.02. The van der Waals surface area contributed by atoms with Crippen LogP contribution in [0.1, 0.15) is 0 Å². The Morgan fingerprint density at radius 1 is 1.62 bits per heavy atom. The molecule has 0 atom stereocenters. The highest BCUT2D eigenvalue weighted by Gasteiger charge is 2.04. The maximum absolute atomic E-state index is 11.7. The Morgan fingerprint density at radius 3 is 2.85 bits per heavy atom. The van der Waals surface area contributed by atoms with Crippen LogP contribution < -0.4 is 10.3 Å². The van der Waals surface area contributed by atoms with Crippen molar-refractivity contribution in [2.45, 2.75) is 6.43 Å². The summed E-state index contributed by atoms with van der Waals surface area (Å²) in [6.07, 6.45) is -2.54. The lowest BCUT2D eigenvalue weighted by Gasteiger charge is -2.04. The molecule has 0 bridgehead atoms. The molecule has 0 amide bonds. The van der Waals surface area contributed by atoms with E-state index in [0.717, 1.165) is 4.68 Å². The van der Waals surface area contributed by atoms with Crippen LogP contribution in [0.5, 0.6) is 5.88 Å². The van der Waals surface area contributed by atoms with Gasteiger partial charge in [0.2, 0.25) is 5.88 Å². The lowest BCUT2D eigenvalue weighted by Crippen LogP contribution is -2.19. The summed E-state index contributed by atoms with van der Waals surface area (Å²) in [6.45, 7) is -0.717. The van der Waals surface area contributed by atoms with E-state index in [9.17, 15) is 13.6 Å². The second kappa shape index (κ2) is 3.97. The van der Waals surface area contributed by atoms with Crippen molar-refractivity contribution in [3.05, 3.63) is 22.5 Å². The summed E-state index contributed by atoms with van der Waals surface area (Å²) in [4.78, 5) is 10.8. The third-order valence-corrected chi connectivity index (χ3v) is 1.29. The van der Waals surface area contributed by atoms with E-state index < -0.39 is 13.0 Å². The van der Waals surface area contributed by atoms with Crippen molar-refractivity contribution < 1.29 is 13.5 Å². The van der Waals surface area contributed by atoms with Crippen molar-refractivity contribution in [3.8, 4) is 5.88 Å². The molecular weight excluding hydrogens is 182 g/mol. The highest BCUT2D eigenvalue weighted by molar-refractivity contribution is 5.06. The number of nitrogens with zero attached hydrogens (tertiary/aromatic N) is 2. The van der Waals surface area contributed by atoms with Crippen LogP contribution in [0, 0.1) is 0 Å². The molecule has 1 heterocycles. The van der Waals surface area contributed by atoms with Gasteiger partial charge >= 0.3 is 0 Å². The van der Waals surface area contributed by atoms with Gasteiger partial charge in [0.05, 0.1) is 0 Å². The molecule has 0 radical (unpaired) electrons.